The number of aliphatic imine (C=N–C) groups is 4. The molecule has 0 saturated carbocycles. The van der Waals surface area contributed by atoms with Gasteiger partial charge in [0.1, 0.15) is 23.4 Å². The second kappa shape index (κ2) is 19.1. The van der Waals surface area contributed by atoms with E-state index in [2.05, 4.69) is 20.0 Å². The molecule has 0 saturated heterocycles. The Morgan fingerprint density at radius 2 is 1.00 bits per heavy atom. The molecule has 18 heteroatoms. The van der Waals surface area contributed by atoms with E-state index in [0.717, 1.165) is 11.5 Å². The fourth-order valence-electron chi connectivity index (χ4n) is 2.11. The van der Waals surface area contributed by atoms with Gasteiger partial charge in [0.15, 0.2) is 0 Å². The van der Waals surface area contributed by atoms with E-state index >= 15 is 0 Å². The van der Waals surface area contributed by atoms with Crippen LogP contribution in [0.2, 0.25) is 0 Å². The zero-order chi connectivity index (χ0) is 28.4. The average molecular weight is 602 g/mol. The first kappa shape index (κ1) is 36.1. The van der Waals surface area contributed by atoms with E-state index in [1.807, 2.05) is 13.8 Å². The third kappa shape index (κ3) is 21.2. The molecule has 213 valence electrons. The van der Waals surface area contributed by atoms with Crippen molar-refractivity contribution >= 4 is 45.6 Å². The van der Waals surface area contributed by atoms with Crippen LogP contribution in [0, 0.1) is 0 Å². The zero-order valence-corrected chi connectivity index (χ0v) is 22.1. The van der Waals surface area contributed by atoms with Gasteiger partial charge in [-0.3, -0.25) is 9.11 Å². The second-order valence-corrected chi connectivity index (χ2v) is 7.14. The minimum absolute atomic E-state index is 0. The van der Waals surface area contributed by atoms with Crippen molar-refractivity contribution in [1.82, 2.24) is 0 Å². The molecule has 12 N–H and O–H groups in total. The van der Waals surface area contributed by atoms with Crippen LogP contribution in [0.5, 0.6) is 11.5 Å². The Hall–Kier alpha value is -4.09. The number of nitrogens with two attached hydrogens (primary N) is 4. The van der Waals surface area contributed by atoms with Gasteiger partial charge in [-0.1, -0.05) is 0 Å². The molecule has 0 aliphatic heterocycles. The minimum atomic E-state index is -4.67. The smallest absolute Gasteiger partial charge is 0.494 e. The van der Waals surface area contributed by atoms with Gasteiger partial charge >= 0.3 is 27.5 Å². The number of nitrogens with zero attached hydrogens (tertiary/aromatic N) is 4. The van der Waals surface area contributed by atoms with E-state index in [1.165, 1.54) is 0 Å². The number of hydrogen-bond donors (Lipinski definition) is 6. The predicted octanol–water partition coefficient (Wildman–Crippen LogP) is 2.14. The predicted molar refractivity (Wildman–Crippen MR) is 144 cm³/mol. The molecule has 0 atom stereocenters. The summed E-state index contributed by atoms with van der Waals surface area (Å²) in [6, 6.07) is 14.0. The number of nitrogens with one attached hydrogen (secondary N) is 2. The van der Waals surface area contributed by atoms with Gasteiger partial charge in [-0.15, -0.1) is 0 Å². The van der Waals surface area contributed by atoms with Crippen molar-refractivity contribution in [2.24, 2.45) is 42.9 Å². The van der Waals surface area contributed by atoms with Crippen LogP contribution in [-0.2, 0) is 27.5 Å². The molecule has 0 spiro atoms. The van der Waals surface area contributed by atoms with Gasteiger partial charge in [0.05, 0.1) is 13.2 Å². The first-order chi connectivity index (χ1) is 17.2. The van der Waals surface area contributed by atoms with Gasteiger partial charge < -0.3 is 63.8 Å². The Balaban J connectivity index is 0. The first-order valence-electron chi connectivity index (χ1n) is 10.2. The van der Waals surface area contributed by atoms with Crippen molar-refractivity contribution < 1.29 is 44.1 Å². The summed E-state index contributed by atoms with van der Waals surface area (Å²) in [5.74, 6) is 0.692. The Bertz CT molecular complexity index is 1090. The maximum absolute atomic E-state index is 8.74. The Kier molecular flexibility index (Phi) is 18.1. The molecule has 1 radical (unpaired) electrons. The molecule has 2 rings (SSSR count). The van der Waals surface area contributed by atoms with Crippen LogP contribution < -0.4 is 32.4 Å². The summed E-state index contributed by atoms with van der Waals surface area (Å²) in [5.41, 5.74) is 36.4. The molecule has 0 heterocycles. The largest absolute Gasteiger partial charge is 2.00 e. The monoisotopic (exact) mass is 601 g/mol. The van der Waals surface area contributed by atoms with Gasteiger partial charge in [0, 0.05) is 11.9 Å². The molecule has 0 aliphatic carbocycles. The molecule has 2 aromatic carbocycles. The SMILES string of the molecule is CCOc1ccc(N=C([NH-])N=C(N)N)cc1.CCOc1ccc(N=C([NH-])N=C(N)N)cc1.O=S(=O)(O)O.[Cu+2]. The van der Waals surface area contributed by atoms with E-state index in [-0.39, 0.29) is 40.9 Å². The Morgan fingerprint density at radius 1 is 0.737 bits per heavy atom. The van der Waals surface area contributed by atoms with E-state index < -0.39 is 10.4 Å². The quantitative estimate of drug-likeness (QED) is 0.121. The number of rotatable bonds is 6. The molecule has 2 aromatic rings. The summed E-state index contributed by atoms with van der Waals surface area (Å²) in [7, 11) is -4.67. The summed E-state index contributed by atoms with van der Waals surface area (Å²) in [4.78, 5) is 14.7. The summed E-state index contributed by atoms with van der Waals surface area (Å²) < 4.78 is 42.1. The van der Waals surface area contributed by atoms with E-state index in [1.54, 1.807) is 48.5 Å². The van der Waals surface area contributed by atoms with Gasteiger partial charge in [-0.25, -0.2) is 0 Å². The average Bonchev–Trinajstić information content (AvgIpc) is 2.75. The van der Waals surface area contributed by atoms with Crippen LogP contribution in [0.3, 0.4) is 0 Å². The fraction of sp³-hybridized carbons (Fsp3) is 0.200. The standard InChI is InChI=1S/2C10H14N5O.Cu.H2O4S/c2*1-2-16-8-5-3-7(4-6-8)14-10(13)15-9(11)12;;1-5(2,3)4/h2*3-6H,2H2,1H3,(H5-,11,12,13,14,15);;(H2,1,2,3,4)/q2*-1;+2;. The van der Waals surface area contributed by atoms with Gasteiger partial charge in [0.25, 0.3) is 0 Å². The normalized spacial score (nSPS) is 10.7. The van der Waals surface area contributed by atoms with Gasteiger partial charge in [0.2, 0.25) is 0 Å². The third-order valence-corrected chi connectivity index (χ3v) is 3.24. The number of hydrogen-bond acceptors (Lipinski definition) is 6. The molecule has 38 heavy (non-hydrogen) atoms. The third-order valence-electron chi connectivity index (χ3n) is 3.24. The summed E-state index contributed by atoms with van der Waals surface area (Å²) in [6.45, 7) is 5.04. The minimum Gasteiger partial charge on any atom is -0.494 e. The topological polar surface area (TPSA) is 294 Å². The van der Waals surface area contributed by atoms with E-state index in [9.17, 15) is 0 Å². The van der Waals surface area contributed by atoms with Crippen molar-refractivity contribution in [3.05, 3.63) is 60.0 Å². The van der Waals surface area contributed by atoms with Gasteiger partial charge in [-0.05, 0) is 73.8 Å². The molecule has 0 aromatic heterocycles. The van der Waals surface area contributed by atoms with Crippen molar-refractivity contribution in [1.29, 1.82) is 0 Å². The Labute approximate surface area is 230 Å². The summed E-state index contributed by atoms with van der Waals surface area (Å²) in [5, 5.41) is 0. The maximum Gasteiger partial charge on any atom is 2.00 e. The van der Waals surface area contributed by atoms with Crippen LogP contribution in [0.1, 0.15) is 13.8 Å². The molecule has 0 fully saturated rings. The zero-order valence-electron chi connectivity index (χ0n) is 20.4. The molecular weight excluding hydrogens is 572 g/mol. The number of guanidine groups is 4. The second-order valence-electron chi connectivity index (χ2n) is 6.25. The van der Waals surface area contributed by atoms with Crippen molar-refractivity contribution in [2.75, 3.05) is 13.2 Å². The Morgan fingerprint density at radius 3 is 1.21 bits per heavy atom. The summed E-state index contributed by atoms with van der Waals surface area (Å²) in [6.07, 6.45) is 0. The van der Waals surface area contributed by atoms with Crippen molar-refractivity contribution in [3.8, 4) is 11.5 Å². The van der Waals surface area contributed by atoms with Crippen LogP contribution in [0.4, 0.5) is 11.4 Å². The van der Waals surface area contributed by atoms with Crippen molar-refractivity contribution in [3.63, 3.8) is 0 Å². The number of benzene rings is 2. The van der Waals surface area contributed by atoms with Crippen molar-refractivity contribution in [2.45, 2.75) is 13.8 Å². The van der Waals surface area contributed by atoms with Crippen LogP contribution >= 0.6 is 0 Å². The summed E-state index contributed by atoms with van der Waals surface area (Å²) >= 11 is 0. The molecule has 0 amide bonds. The van der Waals surface area contributed by atoms with Crippen LogP contribution in [-0.4, -0.2) is 54.6 Å². The molecule has 0 aliphatic rings. The van der Waals surface area contributed by atoms with Crippen LogP contribution in [0.25, 0.3) is 11.5 Å². The molecular formula is C20H30CuN10O6S. The molecule has 0 unspecified atom stereocenters. The fourth-order valence-corrected chi connectivity index (χ4v) is 2.11. The van der Waals surface area contributed by atoms with Gasteiger partial charge in [-0.2, -0.15) is 8.42 Å². The van der Waals surface area contributed by atoms with E-state index in [4.69, 9.17) is 61.4 Å². The number of ether oxygens (including phenoxy) is 2. The van der Waals surface area contributed by atoms with E-state index in [0.29, 0.717) is 24.6 Å². The molecule has 16 nitrogen and oxygen atoms in total. The van der Waals surface area contributed by atoms with Crippen LogP contribution in [0.15, 0.2) is 68.5 Å². The molecule has 0 bridgehead atoms. The first-order valence-corrected chi connectivity index (χ1v) is 11.6. The maximum atomic E-state index is 8.74.